The van der Waals surface area contributed by atoms with Crippen molar-refractivity contribution in [2.75, 3.05) is 0 Å². The van der Waals surface area contributed by atoms with E-state index in [0.717, 1.165) is 0 Å². The van der Waals surface area contributed by atoms with Gasteiger partial charge in [-0.15, -0.1) is 0 Å². The first-order valence-corrected chi connectivity index (χ1v) is 5.45. The van der Waals surface area contributed by atoms with Crippen LogP contribution in [-0.2, 0) is 5.92 Å². The fraction of sp³-hybridized carbons (Fsp3) is 0.214. The van der Waals surface area contributed by atoms with Crippen molar-refractivity contribution in [3.8, 4) is 11.3 Å². The molecule has 20 heavy (non-hydrogen) atoms. The van der Waals surface area contributed by atoms with Gasteiger partial charge in [0, 0.05) is 21.4 Å². The number of nitrogens with zero attached hydrogens (tertiary/aromatic N) is 1. The molecule has 2 rings (SSSR count). The Bertz CT molecular complexity index is 696. The normalized spacial score (nSPS) is 15.3. The molecule has 6 heteroatoms. The van der Waals surface area contributed by atoms with E-state index in [4.69, 9.17) is 4.11 Å². The van der Waals surface area contributed by atoms with Gasteiger partial charge in [0.15, 0.2) is 0 Å². The third-order valence-corrected chi connectivity index (χ3v) is 2.67. The van der Waals surface area contributed by atoms with Crippen molar-refractivity contribution < 1.29 is 26.1 Å². The van der Waals surface area contributed by atoms with E-state index in [1.54, 1.807) is 18.2 Å². The van der Waals surface area contributed by atoms with Gasteiger partial charge < -0.3 is 0 Å². The first kappa shape index (κ1) is 10.8. The average molecular weight is 290 g/mol. The Kier molecular flexibility index (Phi) is 2.61. The molecule has 0 atom stereocenters. The van der Waals surface area contributed by atoms with E-state index in [1.807, 2.05) is 0 Å². The molecule has 0 fully saturated rings. The zero-order valence-electron chi connectivity index (χ0n) is 12.9. The molecular weight excluding hydrogens is 277 g/mol. The summed E-state index contributed by atoms with van der Waals surface area (Å²) in [7, 11) is 0. The quantitative estimate of drug-likeness (QED) is 0.730. The van der Waals surface area contributed by atoms with Gasteiger partial charge in [0.25, 0.3) is 0 Å². The summed E-state index contributed by atoms with van der Waals surface area (Å²) in [6.45, 7) is -3.15. The van der Waals surface area contributed by atoms with Crippen molar-refractivity contribution in [1.29, 1.82) is 0 Å². The minimum atomic E-state index is -5.91. The Labute approximate surface area is 116 Å². The highest BCUT2D eigenvalue weighted by Crippen LogP contribution is 2.45. The predicted octanol–water partition coefficient (Wildman–Crippen LogP) is 4.71. The van der Waals surface area contributed by atoms with Crippen LogP contribution in [0.4, 0.5) is 22.0 Å². The molecule has 1 aromatic heterocycles. The molecule has 2 aromatic rings. The fourth-order valence-corrected chi connectivity index (χ4v) is 1.63. The lowest BCUT2D eigenvalue weighted by Gasteiger charge is -2.22. The van der Waals surface area contributed by atoms with E-state index in [9.17, 15) is 22.0 Å². The first-order chi connectivity index (χ1) is 10.4. The van der Waals surface area contributed by atoms with Crippen LogP contribution >= 0.6 is 0 Å². The smallest absolute Gasteiger partial charge is 0.256 e. The Hall–Kier alpha value is -1.98. The molecule has 0 saturated carbocycles. The number of aromatic nitrogens is 1. The number of benzene rings is 1. The van der Waals surface area contributed by atoms with Crippen LogP contribution in [0.5, 0.6) is 0 Å². The van der Waals surface area contributed by atoms with Crippen LogP contribution in [0.3, 0.4) is 0 Å². The maximum absolute atomic E-state index is 13.7. The largest absolute Gasteiger partial charge is 0.458 e. The van der Waals surface area contributed by atoms with E-state index in [2.05, 4.69) is 4.98 Å². The van der Waals surface area contributed by atoms with Gasteiger partial charge in [-0.1, -0.05) is 30.3 Å². The van der Waals surface area contributed by atoms with Gasteiger partial charge in [0.1, 0.15) is 0 Å². The lowest BCUT2D eigenvalue weighted by molar-refractivity contribution is -0.289. The van der Waals surface area contributed by atoms with Gasteiger partial charge in [0.05, 0.1) is 5.69 Å². The maximum atomic E-state index is 13.7. The average Bonchev–Trinajstić information content (AvgIpc) is 2.45. The molecule has 0 radical (unpaired) electrons. The molecule has 0 spiro atoms. The molecule has 0 bridgehead atoms. The third-order valence-electron chi connectivity index (χ3n) is 2.67. The van der Waals surface area contributed by atoms with Crippen LogP contribution in [0, 0.1) is 6.85 Å². The second-order valence-electron chi connectivity index (χ2n) is 4.05. The molecule has 0 aliphatic rings. The van der Waals surface area contributed by atoms with Gasteiger partial charge in [0.2, 0.25) is 0 Å². The molecule has 1 aromatic carbocycles. The van der Waals surface area contributed by atoms with Gasteiger partial charge in [-0.25, -0.2) is 0 Å². The highest BCUT2D eigenvalue weighted by molar-refractivity contribution is 5.60. The highest BCUT2D eigenvalue weighted by atomic mass is 19.4. The van der Waals surface area contributed by atoms with Crippen molar-refractivity contribution in [2.24, 2.45) is 0 Å². The van der Waals surface area contributed by atoms with Crippen LogP contribution < -0.4 is 0 Å². The number of pyridine rings is 1. The third kappa shape index (κ3) is 2.50. The lowest BCUT2D eigenvalue weighted by atomic mass is 10.0. The summed E-state index contributed by atoms with van der Waals surface area (Å²) in [5.74, 6) is -5.30. The van der Waals surface area contributed by atoms with Crippen molar-refractivity contribution >= 4 is 0 Å². The summed E-state index contributed by atoms with van der Waals surface area (Å²) in [4.78, 5) is 3.71. The van der Waals surface area contributed by atoms with Gasteiger partial charge in [-0.3, -0.25) is 4.98 Å². The van der Waals surface area contributed by atoms with Crippen LogP contribution in [0.2, 0.25) is 0 Å². The van der Waals surface area contributed by atoms with Crippen molar-refractivity contribution in [2.45, 2.75) is 19.0 Å². The number of aryl methyl sites for hydroxylation is 1. The summed E-state index contributed by atoms with van der Waals surface area (Å²) in [5, 5.41) is 0. The van der Waals surface area contributed by atoms with Crippen molar-refractivity contribution in [3.63, 3.8) is 0 Å². The molecule has 0 aliphatic carbocycles. The fourth-order valence-electron chi connectivity index (χ4n) is 1.63. The van der Waals surface area contributed by atoms with E-state index in [1.165, 1.54) is 12.1 Å². The van der Waals surface area contributed by atoms with Crippen LogP contribution in [0.15, 0.2) is 42.6 Å². The zero-order chi connectivity index (χ0) is 17.5. The molecule has 0 aliphatic heterocycles. The minimum absolute atomic E-state index is 0.169. The number of rotatable bonds is 2. The minimum Gasteiger partial charge on any atom is -0.256 e. The van der Waals surface area contributed by atoms with E-state index in [0.29, 0.717) is 17.8 Å². The molecule has 0 amide bonds. The Morgan fingerprint density at radius 3 is 2.25 bits per heavy atom. The Morgan fingerprint density at radius 1 is 1.05 bits per heavy atom. The summed E-state index contributed by atoms with van der Waals surface area (Å²) in [6.07, 6.45) is -5.37. The molecule has 1 nitrogen and oxygen atoms in total. The topological polar surface area (TPSA) is 12.9 Å². The molecule has 0 unspecified atom stereocenters. The molecular formula is C14H10F5N. The van der Waals surface area contributed by atoms with E-state index < -0.39 is 30.1 Å². The maximum Gasteiger partial charge on any atom is 0.458 e. The monoisotopic (exact) mass is 290 g/mol. The van der Waals surface area contributed by atoms with Crippen LogP contribution in [-0.4, -0.2) is 11.2 Å². The molecule has 0 saturated heterocycles. The summed E-state index contributed by atoms with van der Waals surface area (Å²) in [5.41, 5.74) is -2.61. The Morgan fingerprint density at radius 2 is 1.70 bits per heavy atom. The van der Waals surface area contributed by atoms with Gasteiger partial charge in [-0.2, -0.15) is 22.0 Å². The standard InChI is InChI=1S/C14H10F5N/c1-9-8-20-12(10-5-3-2-4-6-10)7-11(9)13(15,16)14(17,18)19/h2-8H,1H3/i1D3. The van der Waals surface area contributed by atoms with Crippen LogP contribution in [0.25, 0.3) is 11.3 Å². The number of hydrogen-bond donors (Lipinski definition) is 0. The number of hydrogen-bond acceptors (Lipinski definition) is 1. The summed E-state index contributed by atoms with van der Waals surface area (Å²) < 4.78 is 87.0. The summed E-state index contributed by atoms with van der Waals surface area (Å²) >= 11 is 0. The first-order valence-electron chi connectivity index (χ1n) is 6.95. The SMILES string of the molecule is [2H]C([2H])([2H])c1cnc(-c2ccccc2)cc1C(F)(F)C(F)(F)F. The zero-order valence-corrected chi connectivity index (χ0v) is 9.88. The highest BCUT2D eigenvalue weighted by Gasteiger charge is 2.59. The van der Waals surface area contributed by atoms with E-state index in [-0.39, 0.29) is 5.69 Å². The number of alkyl halides is 5. The van der Waals surface area contributed by atoms with E-state index >= 15 is 0 Å². The van der Waals surface area contributed by atoms with Crippen LogP contribution in [0.1, 0.15) is 15.2 Å². The Balaban J connectivity index is 2.70. The van der Waals surface area contributed by atoms with Gasteiger partial charge >= 0.3 is 12.1 Å². The summed E-state index contributed by atoms with van der Waals surface area (Å²) in [6, 6.07) is 8.14. The van der Waals surface area contributed by atoms with Crippen molar-refractivity contribution in [1.82, 2.24) is 4.98 Å². The molecule has 0 N–H and O–H groups in total. The number of halogens is 5. The molecule has 1 heterocycles. The van der Waals surface area contributed by atoms with Crippen molar-refractivity contribution in [3.05, 3.63) is 53.7 Å². The second-order valence-corrected chi connectivity index (χ2v) is 4.05. The lowest BCUT2D eigenvalue weighted by Crippen LogP contribution is -2.34. The second kappa shape index (κ2) is 4.85. The van der Waals surface area contributed by atoms with Gasteiger partial charge in [-0.05, 0) is 18.5 Å². The predicted molar refractivity (Wildman–Crippen MR) is 64.4 cm³/mol. The molecule has 106 valence electrons.